The fourth-order valence-corrected chi connectivity index (χ4v) is 4.34. The van der Waals surface area contributed by atoms with Crippen LogP contribution in [0.1, 0.15) is 66.2 Å². The van der Waals surface area contributed by atoms with Gasteiger partial charge in [0.25, 0.3) is 5.91 Å². The summed E-state index contributed by atoms with van der Waals surface area (Å²) in [6, 6.07) is 8.09. The highest BCUT2D eigenvalue weighted by molar-refractivity contribution is 7.99. The quantitative estimate of drug-likeness (QED) is 0.567. The Bertz CT molecular complexity index is 894. The molecular weight excluding hydrogens is 388 g/mol. The van der Waals surface area contributed by atoms with Gasteiger partial charge in [-0.15, -0.1) is 11.8 Å². The van der Waals surface area contributed by atoms with Crippen molar-refractivity contribution in [3.63, 3.8) is 0 Å². The van der Waals surface area contributed by atoms with Crippen LogP contribution in [-0.2, 0) is 0 Å². The molecule has 3 N–H and O–H groups in total. The molecule has 1 aliphatic rings. The number of nitrogens with one attached hydrogen (secondary N) is 1. The molecule has 1 heterocycles. The first-order valence-electron chi connectivity index (χ1n) is 10.0. The van der Waals surface area contributed by atoms with Crippen molar-refractivity contribution in [2.45, 2.75) is 56.5 Å². The molecule has 0 saturated heterocycles. The highest BCUT2D eigenvalue weighted by atomic mass is 32.2. The second kappa shape index (κ2) is 9.78. The molecule has 154 valence electrons. The average Bonchev–Trinajstić information content (AvgIpc) is 2.72. The van der Waals surface area contributed by atoms with E-state index >= 15 is 0 Å². The Morgan fingerprint density at radius 1 is 1.14 bits per heavy atom. The first-order valence-corrected chi connectivity index (χ1v) is 11.0. The van der Waals surface area contributed by atoms with Crippen LogP contribution in [0, 0.1) is 0 Å². The maximum Gasteiger partial charge on any atom is 0.339 e. The lowest BCUT2D eigenvalue weighted by atomic mass is 9.95. The molecule has 3 rings (SSSR count). The molecule has 2 aromatic rings. The number of rotatable bonds is 7. The van der Waals surface area contributed by atoms with Crippen molar-refractivity contribution < 1.29 is 19.8 Å². The van der Waals surface area contributed by atoms with E-state index in [9.17, 15) is 14.7 Å². The molecule has 1 saturated carbocycles. The molecule has 1 amide bonds. The van der Waals surface area contributed by atoms with E-state index < -0.39 is 5.97 Å². The molecule has 1 aromatic heterocycles. The van der Waals surface area contributed by atoms with Gasteiger partial charge < -0.3 is 15.5 Å². The first-order chi connectivity index (χ1) is 14.0. The fraction of sp³-hybridized carbons (Fsp3) is 0.409. The lowest BCUT2D eigenvalue weighted by molar-refractivity contribution is 0.0693. The van der Waals surface area contributed by atoms with Crippen LogP contribution in [-0.4, -0.2) is 38.9 Å². The van der Waals surface area contributed by atoms with Crippen molar-refractivity contribution in [2.75, 3.05) is 5.75 Å². The molecular formula is C22H26N2O4S. The van der Waals surface area contributed by atoms with Crippen LogP contribution >= 0.6 is 11.8 Å². The largest absolute Gasteiger partial charge is 0.507 e. The van der Waals surface area contributed by atoms with E-state index in [-0.39, 0.29) is 23.3 Å². The van der Waals surface area contributed by atoms with E-state index in [0.717, 1.165) is 37.9 Å². The van der Waals surface area contributed by atoms with Crippen LogP contribution in [0.15, 0.2) is 35.4 Å². The highest BCUT2D eigenvalue weighted by Gasteiger charge is 2.20. The van der Waals surface area contributed by atoms with Gasteiger partial charge in [-0.3, -0.25) is 4.79 Å². The number of hydrogen-bond acceptors (Lipinski definition) is 5. The van der Waals surface area contributed by atoms with Gasteiger partial charge in [-0.1, -0.05) is 32.3 Å². The molecule has 0 bridgehead atoms. The molecule has 0 aliphatic heterocycles. The van der Waals surface area contributed by atoms with Crippen LogP contribution in [0.3, 0.4) is 0 Å². The average molecular weight is 415 g/mol. The summed E-state index contributed by atoms with van der Waals surface area (Å²) in [5.74, 6) is -0.753. The number of benzene rings is 1. The third-order valence-corrected chi connectivity index (χ3v) is 6.21. The minimum absolute atomic E-state index is 0.0985. The maximum atomic E-state index is 12.8. The molecule has 29 heavy (non-hydrogen) atoms. The SMILES string of the molecule is CCCSc1nc(-c2ccc(C(=O)O)c(O)c2)ccc1C(=O)NC1CCCCC1. The minimum Gasteiger partial charge on any atom is -0.507 e. The molecule has 1 aromatic carbocycles. The molecule has 6 nitrogen and oxygen atoms in total. The summed E-state index contributed by atoms with van der Waals surface area (Å²) < 4.78 is 0. The number of aromatic carboxylic acids is 1. The number of carbonyl (C=O) groups is 2. The van der Waals surface area contributed by atoms with E-state index in [2.05, 4.69) is 17.2 Å². The summed E-state index contributed by atoms with van der Waals surface area (Å²) in [5, 5.41) is 22.9. The minimum atomic E-state index is -1.18. The molecule has 0 atom stereocenters. The smallest absolute Gasteiger partial charge is 0.339 e. The molecule has 0 unspecified atom stereocenters. The fourth-order valence-electron chi connectivity index (χ4n) is 3.46. The summed E-state index contributed by atoms with van der Waals surface area (Å²) >= 11 is 1.53. The summed E-state index contributed by atoms with van der Waals surface area (Å²) in [6.45, 7) is 2.07. The Morgan fingerprint density at radius 2 is 1.86 bits per heavy atom. The number of carboxylic acids is 1. The van der Waals surface area contributed by atoms with Gasteiger partial charge >= 0.3 is 5.97 Å². The number of amides is 1. The van der Waals surface area contributed by atoms with E-state index in [4.69, 9.17) is 5.11 Å². The van der Waals surface area contributed by atoms with Crippen LogP contribution in [0.5, 0.6) is 5.75 Å². The van der Waals surface area contributed by atoms with Gasteiger partial charge in [0.15, 0.2) is 0 Å². The molecule has 0 radical (unpaired) electrons. The maximum absolute atomic E-state index is 12.8. The Kier molecular flexibility index (Phi) is 7.14. The second-order valence-electron chi connectivity index (χ2n) is 7.24. The number of hydrogen-bond donors (Lipinski definition) is 3. The number of carbonyl (C=O) groups excluding carboxylic acids is 1. The summed E-state index contributed by atoms with van der Waals surface area (Å²) in [5.41, 5.74) is 1.59. The topological polar surface area (TPSA) is 99.5 Å². The van der Waals surface area contributed by atoms with Crippen LogP contribution in [0.4, 0.5) is 0 Å². The number of pyridine rings is 1. The Hall–Kier alpha value is -2.54. The van der Waals surface area contributed by atoms with Crippen LogP contribution in [0.2, 0.25) is 0 Å². The first kappa shape index (κ1) is 21.2. The van der Waals surface area contributed by atoms with Gasteiger partial charge in [0, 0.05) is 11.6 Å². The number of carboxylic acid groups (broad SMARTS) is 1. The Labute approximate surface area is 174 Å². The number of thioether (sulfide) groups is 1. The summed E-state index contributed by atoms with van der Waals surface area (Å²) in [7, 11) is 0. The zero-order chi connectivity index (χ0) is 20.8. The van der Waals surface area contributed by atoms with Crippen molar-refractivity contribution >= 4 is 23.6 Å². The third-order valence-electron chi connectivity index (χ3n) is 5.01. The van der Waals surface area contributed by atoms with Crippen molar-refractivity contribution in [3.05, 3.63) is 41.5 Å². The number of aromatic hydroxyl groups is 1. The van der Waals surface area contributed by atoms with Gasteiger partial charge in [0.05, 0.1) is 11.3 Å². The number of nitrogens with zero attached hydrogens (tertiary/aromatic N) is 1. The van der Waals surface area contributed by atoms with Gasteiger partial charge in [-0.05, 0) is 49.3 Å². The Balaban J connectivity index is 1.88. The lowest BCUT2D eigenvalue weighted by Gasteiger charge is -2.23. The van der Waals surface area contributed by atoms with Gasteiger partial charge in [0.1, 0.15) is 16.3 Å². The van der Waals surface area contributed by atoms with E-state index in [1.165, 1.54) is 30.3 Å². The normalized spacial score (nSPS) is 14.5. The van der Waals surface area contributed by atoms with Gasteiger partial charge in [0.2, 0.25) is 0 Å². The summed E-state index contributed by atoms with van der Waals surface area (Å²) in [4.78, 5) is 28.6. The van der Waals surface area contributed by atoms with Gasteiger partial charge in [-0.2, -0.15) is 0 Å². The lowest BCUT2D eigenvalue weighted by Crippen LogP contribution is -2.36. The van der Waals surface area contributed by atoms with Crippen molar-refractivity contribution in [1.29, 1.82) is 0 Å². The predicted octanol–water partition coefficient (Wildman–Crippen LogP) is 4.72. The van der Waals surface area contributed by atoms with E-state index in [1.807, 2.05) is 0 Å². The number of phenols is 1. The van der Waals surface area contributed by atoms with E-state index in [1.54, 1.807) is 18.2 Å². The monoisotopic (exact) mass is 414 g/mol. The zero-order valence-corrected chi connectivity index (χ0v) is 17.3. The summed E-state index contributed by atoms with van der Waals surface area (Å²) in [6.07, 6.45) is 6.51. The molecule has 1 aliphatic carbocycles. The Morgan fingerprint density at radius 3 is 2.52 bits per heavy atom. The predicted molar refractivity (Wildman–Crippen MR) is 114 cm³/mol. The molecule has 7 heteroatoms. The van der Waals surface area contributed by atoms with Crippen molar-refractivity contribution in [1.82, 2.24) is 10.3 Å². The molecule has 0 spiro atoms. The van der Waals surface area contributed by atoms with Crippen LogP contribution in [0.25, 0.3) is 11.3 Å². The zero-order valence-electron chi connectivity index (χ0n) is 16.5. The molecule has 1 fully saturated rings. The highest BCUT2D eigenvalue weighted by Crippen LogP contribution is 2.29. The van der Waals surface area contributed by atoms with E-state index in [0.29, 0.717) is 21.8 Å². The third kappa shape index (κ3) is 5.29. The van der Waals surface area contributed by atoms with Crippen molar-refractivity contribution in [3.8, 4) is 17.0 Å². The van der Waals surface area contributed by atoms with Gasteiger partial charge in [-0.25, -0.2) is 9.78 Å². The van der Waals surface area contributed by atoms with Crippen molar-refractivity contribution in [2.24, 2.45) is 0 Å². The second-order valence-corrected chi connectivity index (χ2v) is 8.33. The standard InChI is InChI=1S/C22H26N2O4S/c1-2-12-29-21-17(20(26)23-15-6-4-3-5-7-15)10-11-18(24-21)14-8-9-16(22(27)28)19(25)13-14/h8-11,13,15,25H,2-7,12H2,1H3,(H,23,26)(H,27,28). The number of aromatic nitrogens is 1. The van der Waals surface area contributed by atoms with Crippen LogP contribution < -0.4 is 5.32 Å².